The average Bonchev–Trinajstić information content (AvgIpc) is 3.34. The van der Waals surface area contributed by atoms with Crippen molar-refractivity contribution in [3.8, 4) is 0 Å². The number of carboxylic acids is 2. The molecule has 0 saturated heterocycles. The zero-order chi connectivity index (χ0) is 27.3. The number of aromatic nitrogens is 2. The van der Waals surface area contributed by atoms with Gasteiger partial charge in [0.1, 0.15) is 18.1 Å². The van der Waals surface area contributed by atoms with Crippen LogP contribution in [0.1, 0.15) is 45.2 Å². The number of aromatic amines is 1. The largest absolute Gasteiger partial charge is 0.481 e. The third kappa shape index (κ3) is 10.6. The Morgan fingerprint density at radius 1 is 1.06 bits per heavy atom. The van der Waals surface area contributed by atoms with E-state index >= 15 is 0 Å². The summed E-state index contributed by atoms with van der Waals surface area (Å²) in [5.74, 6) is -4.39. The smallest absolute Gasteiger partial charge is 0.326 e. The van der Waals surface area contributed by atoms with Gasteiger partial charge in [-0.15, -0.1) is 0 Å². The Hall–Kier alpha value is -3.13. The molecule has 0 fully saturated rings. The van der Waals surface area contributed by atoms with Gasteiger partial charge < -0.3 is 36.9 Å². The van der Waals surface area contributed by atoms with E-state index in [-0.39, 0.29) is 25.2 Å². The van der Waals surface area contributed by atoms with E-state index in [1.54, 1.807) is 13.2 Å². The summed E-state index contributed by atoms with van der Waals surface area (Å²) in [6.45, 7) is 3.56. The lowest BCUT2D eigenvalue weighted by Gasteiger charge is -2.28. The number of rotatable bonds is 17. The van der Waals surface area contributed by atoms with Crippen molar-refractivity contribution >= 4 is 41.4 Å². The number of hydrogen-bond acceptors (Lipinski definition) is 8. The molecule has 36 heavy (non-hydrogen) atoms. The summed E-state index contributed by atoms with van der Waals surface area (Å²) in [7, 11) is 0. The number of carbonyl (C=O) groups excluding carboxylic acids is 3. The van der Waals surface area contributed by atoms with E-state index < -0.39 is 60.2 Å². The van der Waals surface area contributed by atoms with Gasteiger partial charge in [-0.3, -0.25) is 19.2 Å². The highest BCUT2D eigenvalue weighted by atomic mass is 32.2. The number of carboxylic acid groups (broad SMARTS) is 2. The predicted molar refractivity (Wildman–Crippen MR) is 133 cm³/mol. The van der Waals surface area contributed by atoms with E-state index in [1.807, 2.05) is 6.92 Å². The molecule has 14 heteroatoms. The van der Waals surface area contributed by atoms with Crippen LogP contribution in [0, 0.1) is 5.92 Å². The van der Waals surface area contributed by atoms with E-state index in [9.17, 15) is 29.1 Å². The Morgan fingerprint density at radius 3 is 2.25 bits per heavy atom. The summed E-state index contributed by atoms with van der Waals surface area (Å²) >= 11 is 1.41. The average molecular weight is 529 g/mol. The number of aliphatic carboxylic acids is 2. The molecule has 0 aliphatic rings. The normalized spacial score (nSPS) is 15.1. The fourth-order valence-corrected chi connectivity index (χ4v) is 3.72. The van der Waals surface area contributed by atoms with E-state index in [0.29, 0.717) is 17.9 Å². The molecule has 0 aromatic carbocycles. The van der Waals surface area contributed by atoms with Crippen LogP contribution in [-0.4, -0.2) is 86.0 Å². The topological polar surface area (TPSA) is 217 Å². The Morgan fingerprint density at radius 2 is 1.72 bits per heavy atom. The summed E-state index contributed by atoms with van der Waals surface area (Å²) in [5.41, 5.74) is 6.61. The van der Waals surface area contributed by atoms with Crippen molar-refractivity contribution in [2.75, 3.05) is 12.0 Å². The van der Waals surface area contributed by atoms with Crippen molar-refractivity contribution in [2.45, 2.75) is 70.1 Å². The first kappa shape index (κ1) is 30.9. The fourth-order valence-electron chi connectivity index (χ4n) is 3.25. The lowest BCUT2D eigenvalue weighted by molar-refractivity contribution is -0.143. The lowest BCUT2D eigenvalue weighted by atomic mass is 9.97. The van der Waals surface area contributed by atoms with Gasteiger partial charge in [0.15, 0.2) is 0 Å². The second-order valence-electron chi connectivity index (χ2n) is 8.43. The van der Waals surface area contributed by atoms with Gasteiger partial charge in [0.2, 0.25) is 17.7 Å². The molecule has 202 valence electrons. The second-order valence-corrected chi connectivity index (χ2v) is 9.42. The number of hydrogen-bond donors (Lipinski definition) is 7. The number of H-pyrrole nitrogens is 1. The van der Waals surface area contributed by atoms with Crippen LogP contribution in [0.15, 0.2) is 12.5 Å². The van der Waals surface area contributed by atoms with Crippen LogP contribution in [0.2, 0.25) is 0 Å². The summed E-state index contributed by atoms with van der Waals surface area (Å²) < 4.78 is 0. The molecule has 0 aliphatic heterocycles. The van der Waals surface area contributed by atoms with Crippen LogP contribution >= 0.6 is 11.8 Å². The second kappa shape index (κ2) is 15.8. The molecule has 3 amide bonds. The fraction of sp³-hybridized carbons (Fsp3) is 0.636. The standard InChI is InChI=1S/C22H36N6O7S/c1-4-12(2)18(28-19(31)14(23)9-13-10-24-11-25-13)21(33)26-15(5-6-17(29)30)20(32)27-16(22(34)35)7-8-36-3/h10-12,14-16,18H,4-9,23H2,1-3H3,(H,24,25)(H,26,33)(H,27,32)(H,28,31)(H,29,30)(H,34,35). The number of thioether (sulfide) groups is 1. The third-order valence-electron chi connectivity index (χ3n) is 5.63. The number of imidazole rings is 1. The van der Waals surface area contributed by atoms with Gasteiger partial charge in [-0.25, -0.2) is 9.78 Å². The minimum Gasteiger partial charge on any atom is -0.481 e. The molecule has 1 rings (SSSR count). The third-order valence-corrected chi connectivity index (χ3v) is 6.27. The van der Waals surface area contributed by atoms with Crippen LogP contribution in [0.5, 0.6) is 0 Å². The van der Waals surface area contributed by atoms with Crippen LogP contribution in [0.25, 0.3) is 0 Å². The number of nitrogens with zero attached hydrogens (tertiary/aromatic N) is 1. The van der Waals surface area contributed by atoms with Crippen molar-refractivity contribution in [1.82, 2.24) is 25.9 Å². The molecule has 5 unspecified atom stereocenters. The van der Waals surface area contributed by atoms with Crippen molar-refractivity contribution < 1.29 is 34.2 Å². The van der Waals surface area contributed by atoms with Crippen molar-refractivity contribution in [3.05, 3.63) is 18.2 Å². The highest BCUT2D eigenvalue weighted by Gasteiger charge is 2.32. The van der Waals surface area contributed by atoms with Gasteiger partial charge in [0.25, 0.3) is 0 Å². The molecule has 8 N–H and O–H groups in total. The van der Waals surface area contributed by atoms with Crippen molar-refractivity contribution in [1.29, 1.82) is 0 Å². The maximum atomic E-state index is 13.1. The van der Waals surface area contributed by atoms with E-state index in [1.165, 1.54) is 24.3 Å². The predicted octanol–water partition coefficient (Wildman–Crippen LogP) is -0.517. The minimum absolute atomic E-state index is 0.154. The first-order valence-electron chi connectivity index (χ1n) is 11.6. The molecule has 0 bridgehead atoms. The molecular weight excluding hydrogens is 492 g/mol. The summed E-state index contributed by atoms with van der Waals surface area (Å²) in [5, 5.41) is 25.9. The zero-order valence-corrected chi connectivity index (χ0v) is 21.5. The molecule has 5 atom stereocenters. The lowest BCUT2D eigenvalue weighted by Crippen LogP contribution is -2.58. The van der Waals surface area contributed by atoms with Gasteiger partial charge in [0.05, 0.1) is 12.4 Å². The zero-order valence-electron chi connectivity index (χ0n) is 20.7. The van der Waals surface area contributed by atoms with Gasteiger partial charge in [-0.05, 0) is 30.8 Å². The molecule has 1 aromatic rings. The monoisotopic (exact) mass is 528 g/mol. The molecule has 0 spiro atoms. The molecule has 0 aliphatic carbocycles. The number of carbonyl (C=O) groups is 5. The molecular formula is C22H36N6O7S. The van der Waals surface area contributed by atoms with Gasteiger partial charge >= 0.3 is 11.9 Å². The van der Waals surface area contributed by atoms with Crippen molar-refractivity contribution in [3.63, 3.8) is 0 Å². The van der Waals surface area contributed by atoms with E-state index in [2.05, 4.69) is 25.9 Å². The quantitative estimate of drug-likeness (QED) is 0.137. The number of nitrogens with two attached hydrogens (primary N) is 1. The SMILES string of the molecule is CCC(C)C(NC(=O)C(N)Cc1cnc[nH]1)C(=O)NC(CCC(=O)O)C(=O)NC(CCSC)C(=O)O. The van der Waals surface area contributed by atoms with Crippen LogP contribution in [0.4, 0.5) is 0 Å². The van der Waals surface area contributed by atoms with E-state index in [0.717, 1.165) is 0 Å². The Balaban J connectivity index is 2.98. The van der Waals surface area contributed by atoms with Gasteiger partial charge in [0, 0.05) is 24.7 Å². The first-order valence-corrected chi connectivity index (χ1v) is 13.0. The molecule has 13 nitrogen and oxygen atoms in total. The Labute approximate surface area is 213 Å². The Bertz CT molecular complexity index is 882. The molecule has 1 heterocycles. The van der Waals surface area contributed by atoms with Gasteiger partial charge in [-0.2, -0.15) is 11.8 Å². The minimum atomic E-state index is -1.31. The van der Waals surface area contributed by atoms with Crippen LogP contribution in [0.3, 0.4) is 0 Å². The first-order chi connectivity index (χ1) is 17.0. The van der Waals surface area contributed by atoms with Gasteiger partial charge in [-0.1, -0.05) is 20.3 Å². The molecule has 0 radical (unpaired) electrons. The molecule has 1 aromatic heterocycles. The summed E-state index contributed by atoms with van der Waals surface area (Å²) in [4.78, 5) is 68.0. The van der Waals surface area contributed by atoms with E-state index in [4.69, 9.17) is 10.8 Å². The van der Waals surface area contributed by atoms with Crippen LogP contribution in [-0.2, 0) is 30.4 Å². The molecule has 0 saturated carbocycles. The number of amides is 3. The number of nitrogens with one attached hydrogen (secondary N) is 4. The maximum absolute atomic E-state index is 13.1. The highest BCUT2D eigenvalue weighted by molar-refractivity contribution is 7.98. The highest BCUT2D eigenvalue weighted by Crippen LogP contribution is 2.11. The van der Waals surface area contributed by atoms with Crippen molar-refractivity contribution in [2.24, 2.45) is 11.7 Å². The summed E-state index contributed by atoms with van der Waals surface area (Å²) in [6.07, 6.45) is 4.91. The summed E-state index contributed by atoms with van der Waals surface area (Å²) in [6, 6.07) is -4.53. The van der Waals surface area contributed by atoms with Crippen LogP contribution < -0.4 is 21.7 Å². The Kier molecular flexibility index (Phi) is 13.5. The maximum Gasteiger partial charge on any atom is 0.326 e.